The number of hydrogen-bond acceptors (Lipinski definition) is 4. The molecule has 1 N–H and O–H groups in total. The zero-order valence-corrected chi connectivity index (χ0v) is 18.9. The summed E-state index contributed by atoms with van der Waals surface area (Å²) in [5.74, 6) is 1.69. The van der Waals surface area contributed by atoms with Gasteiger partial charge in [0.2, 0.25) is 5.91 Å². The number of amides is 1. The number of carbonyl (C=O) groups is 1. The average molecular weight is 431 g/mol. The fourth-order valence-electron chi connectivity index (χ4n) is 4.04. The van der Waals surface area contributed by atoms with Crippen molar-refractivity contribution in [1.29, 1.82) is 5.26 Å². The summed E-state index contributed by atoms with van der Waals surface area (Å²) in [6, 6.07) is 15.9. The van der Waals surface area contributed by atoms with E-state index in [0.717, 1.165) is 36.1 Å². The van der Waals surface area contributed by atoms with Gasteiger partial charge in [-0.05, 0) is 54.4 Å². The largest absolute Gasteiger partial charge is 0.457 e. The molecule has 0 bridgehead atoms. The highest BCUT2D eigenvalue weighted by atomic mass is 32.1. The summed E-state index contributed by atoms with van der Waals surface area (Å²) >= 11 is 1.55. The Labute approximate surface area is 187 Å². The monoisotopic (exact) mass is 430 g/mol. The molecule has 2 aromatic heterocycles. The lowest BCUT2D eigenvalue weighted by Gasteiger charge is -2.33. The zero-order valence-electron chi connectivity index (χ0n) is 18.1. The fraction of sp³-hybridized carbons (Fsp3) is 0.308. The van der Waals surface area contributed by atoms with Crippen molar-refractivity contribution in [3.8, 4) is 17.4 Å². The van der Waals surface area contributed by atoms with Crippen molar-refractivity contribution < 1.29 is 9.21 Å². The highest BCUT2D eigenvalue weighted by molar-refractivity contribution is 7.16. The summed E-state index contributed by atoms with van der Waals surface area (Å²) in [7, 11) is 0. The molecule has 5 heteroatoms. The van der Waals surface area contributed by atoms with Crippen molar-refractivity contribution in [1.82, 2.24) is 0 Å². The molecule has 0 spiro atoms. The second-order valence-corrected chi connectivity index (χ2v) is 10.1. The first kappa shape index (κ1) is 21.1. The maximum Gasteiger partial charge on any atom is 0.249 e. The molecule has 4 nitrogen and oxygen atoms in total. The van der Waals surface area contributed by atoms with E-state index in [4.69, 9.17) is 4.42 Å². The molecule has 1 atom stereocenters. The Kier molecular flexibility index (Phi) is 5.84. The van der Waals surface area contributed by atoms with E-state index >= 15 is 0 Å². The Morgan fingerprint density at radius 1 is 1.23 bits per heavy atom. The van der Waals surface area contributed by atoms with Gasteiger partial charge in [-0.2, -0.15) is 5.26 Å². The van der Waals surface area contributed by atoms with Crippen LogP contribution in [0.3, 0.4) is 0 Å². The standard InChI is InChI=1S/C26H26N2O2S/c1-26(2,3)18-9-12-20-21(16-27)25(31-23(20)15-18)28-24(29)14-11-19-10-13-22(30-19)17-7-5-4-6-8-17/h4-8,10-11,13-14,18H,9,12,15H2,1-3H3,(H,28,29)/b14-11+/t18-/m1/s1. The SMILES string of the molecule is CC(C)(C)[C@@H]1CCc2c(sc(NC(=O)/C=C/c3ccc(-c4ccccc4)o3)c2C#N)C1. The van der Waals surface area contributed by atoms with E-state index in [2.05, 4.69) is 32.2 Å². The summed E-state index contributed by atoms with van der Waals surface area (Å²) in [6.45, 7) is 6.81. The normalized spacial score (nSPS) is 16.1. The van der Waals surface area contributed by atoms with Gasteiger partial charge in [-0.1, -0.05) is 51.1 Å². The number of thiophene rings is 1. The summed E-state index contributed by atoms with van der Waals surface area (Å²) in [5, 5.41) is 13.3. The van der Waals surface area contributed by atoms with Crippen LogP contribution in [0, 0.1) is 22.7 Å². The minimum absolute atomic E-state index is 0.238. The quantitative estimate of drug-likeness (QED) is 0.469. The number of rotatable bonds is 4. The van der Waals surface area contributed by atoms with Gasteiger partial charge in [-0.25, -0.2) is 0 Å². The minimum Gasteiger partial charge on any atom is -0.457 e. The number of hydrogen-bond donors (Lipinski definition) is 1. The molecule has 4 rings (SSSR count). The fourth-order valence-corrected chi connectivity index (χ4v) is 5.32. The topological polar surface area (TPSA) is 66.0 Å². The number of nitrogens with zero attached hydrogens (tertiary/aromatic N) is 1. The van der Waals surface area contributed by atoms with Crippen molar-refractivity contribution in [2.24, 2.45) is 11.3 Å². The number of anilines is 1. The van der Waals surface area contributed by atoms with Crippen LogP contribution in [0.15, 0.2) is 53.0 Å². The number of carbonyl (C=O) groups excluding carboxylic acids is 1. The highest BCUT2D eigenvalue weighted by Crippen LogP contribution is 2.44. The van der Waals surface area contributed by atoms with E-state index in [-0.39, 0.29) is 11.3 Å². The molecular weight excluding hydrogens is 404 g/mol. The van der Waals surface area contributed by atoms with Gasteiger partial charge in [0, 0.05) is 16.5 Å². The average Bonchev–Trinajstić information content (AvgIpc) is 3.36. The van der Waals surface area contributed by atoms with Crippen LogP contribution >= 0.6 is 11.3 Å². The van der Waals surface area contributed by atoms with Crippen molar-refractivity contribution in [3.63, 3.8) is 0 Å². The van der Waals surface area contributed by atoms with Crippen LogP contribution in [0.5, 0.6) is 0 Å². The molecule has 0 radical (unpaired) electrons. The van der Waals surface area contributed by atoms with Gasteiger partial charge in [-0.15, -0.1) is 11.3 Å². The maximum atomic E-state index is 12.5. The third-order valence-electron chi connectivity index (χ3n) is 5.92. The lowest BCUT2D eigenvalue weighted by Crippen LogP contribution is -2.26. The molecule has 1 aliphatic carbocycles. The van der Waals surface area contributed by atoms with Crippen molar-refractivity contribution in [2.45, 2.75) is 40.0 Å². The zero-order chi connectivity index (χ0) is 22.0. The van der Waals surface area contributed by atoms with E-state index in [9.17, 15) is 10.1 Å². The number of nitriles is 1. The Hall–Kier alpha value is -3.10. The first-order valence-corrected chi connectivity index (χ1v) is 11.4. The molecule has 1 aromatic carbocycles. The van der Waals surface area contributed by atoms with Gasteiger partial charge in [-0.3, -0.25) is 4.79 Å². The third-order valence-corrected chi connectivity index (χ3v) is 7.09. The first-order chi connectivity index (χ1) is 14.8. The predicted molar refractivity (Wildman–Crippen MR) is 126 cm³/mol. The second-order valence-electron chi connectivity index (χ2n) is 9.02. The van der Waals surface area contributed by atoms with E-state index in [1.807, 2.05) is 42.5 Å². The molecular formula is C26H26N2O2S. The summed E-state index contributed by atoms with van der Waals surface area (Å²) in [5.41, 5.74) is 2.97. The Bertz CT molecular complexity index is 1160. The predicted octanol–water partition coefficient (Wildman–Crippen LogP) is 6.68. The van der Waals surface area contributed by atoms with Gasteiger partial charge in [0.05, 0.1) is 5.56 Å². The van der Waals surface area contributed by atoms with Crippen LogP contribution in [0.1, 0.15) is 49.0 Å². The minimum atomic E-state index is -0.264. The third kappa shape index (κ3) is 4.65. The van der Waals surface area contributed by atoms with Crippen LogP contribution < -0.4 is 5.32 Å². The summed E-state index contributed by atoms with van der Waals surface area (Å²) in [6.07, 6.45) is 6.05. The van der Waals surface area contributed by atoms with Gasteiger partial charge >= 0.3 is 0 Å². The molecule has 0 saturated heterocycles. The highest BCUT2D eigenvalue weighted by Gasteiger charge is 2.32. The molecule has 0 aliphatic heterocycles. The molecule has 2 heterocycles. The van der Waals surface area contributed by atoms with Gasteiger partial charge in [0.1, 0.15) is 22.6 Å². The van der Waals surface area contributed by atoms with E-state index in [1.165, 1.54) is 11.0 Å². The van der Waals surface area contributed by atoms with Crippen LogP contribution in [-0.2, 0) is 17.6 Å². The van der Waals surface area contributed by atoms with Crippen molar-refractivity contribution in [3.05, 3.63) is 70.3 Å². The molecule has 0 saturated carbocycles. The van der Waals surface area contributed by atoms with Crippen LogP contribution in [0.2, 0.25) is 0 Å². The van der Waals surface area contributed by atoms with Crippen LogP contribution in [0.4, 0.5) is 5.00 Å². The second kappa shape index (κ2) is 8.56. The van der Waals surface area contributed by atoms with Gasteiger partial charge in [0.15, 0.2) is 0 Å². The van der Waals surface area contributed by atoms with Gasteiger partial charge in [0.25, 0.3) is 0 Å². The van der Waals surface area contributed by atoms with Crippen LogP contribution in [-0.4, -0.2) is 5.91 Å². The molecule has 1 aliphatic rings. The molecule has 0 fully saturated rings. The van der Waals surface area contributed by atoms with E-state index in [0.29, 0.717) is 22.2 Å². The summed E-state index contributed by atoms with van der Waals surface area (Å²) < 4.78 is 5.81. The Morgan fingerprint density at radius 3 is 2.71 bits per heavy atom. The van der Waals surface area contributed by atoms with E-state index < -0.39 is 0 Å². The molecule has 158 valence electrons. The van der Waals surface area contributed by atoms with Crippen LogP contribution in [0.25, 0.3) is 17.4 Å². The number of benzene rings is 1. The van der Waals surface area contributed by atoms with Crippen molar-refractivity contribution in [2.75, 3.05) is 5.32 Å². The lowest BCUT2D eigenvalue weighted by molar-refractivity contribution is -0.111. The lowest BCUT2D eigenvalue weighted by atomic mass is 9.72. The maximum absolute atomic E-state index is 12.5. The number of furan rings is 1. The number of fused-ring (bicyclic) bond motifs is 1. The first-order valence-electron chi connectivity index (χ1n) is 10.5. The Morgan fingerprint density at radius 2 is 2.00 bits per heavy atom. The van der Waals surface area contributed by atoms with Gasteiger partial charge < -0.3 is 9.73 Å². The molecule has 0 unspecified atom stereocenters. The Balaban J connectivity index is 1.47. The van der Waals surface area contributed by atoms with Crippen molar-refractivity contribution >= 4 is 28.3 Å². The number of nitrogens with one attached hydrogen (secondary N) is 1. The van der Waals surface area contributed by atoms with E-state index in [1.54, 1.807) is 17.4 Å². The molecule has 31 heavy (non-hydrogen) atoms. The molecule has 3 aromatic rings. The molecule has 1 amide bonds. The summed E-state index contributed by atoms with van der Waals surface area (Å²) in [4.78, 5) is 13.8. The smallest absolute Gasteiger partial charge is 0.249 e.